The summed E-state index contributed by atoms with van der Waals surface area (Å²) in [6, 6.07) is 18.9. The summed E-state index contributed by atoms with van der Waals surface area (Å²) >= 11 is 0. The molecule has 0 aliphatic heterocycles. The van der Waals surface area contributed by atoms with E-state index >= 15 is 0 Å². The van der Waals surface area contributed by atoms with Crippen molar-refractivity contribution in [1.82, 2.24) is 0 Å². The third kappa shape index (κ3) is 6.50. The molecule has 1 aliphatic rings. The fourth-order valence-electron chi connectivity index (χ4n) is 4.78. The quantitative estimate of drug-likeness (QED) is 0.391. The maximum atomic E-state index is 2.42. The van der Waals surface area contributed by atoms with Crippen LogP contribution in [0.4, 0.5) is 0 Å². The van der Waals surface area contributed by atoms with Crippen molar-refractivity contribution in [3.05, 3.63) is 70.8 Å². The summed E-state index contributed by atoms with van der Waals surface area (Å²) in [5.41, 5.74) is 6.02. The lowest BCUT2D eigenvalue weighted by atomic mass is 9.77. The molecule has 0 heterocycles. The summed E-state index contributed by atoms with van der Waals surface area (Å²) in [4.78, 5) is 0. The van der Waals surface area contributed by atoms with Crippen molar-refractivity contribution in [3.63, 3.8) is 0 Å². The van der Waals surface area contributed by atoms with Gasteiger partial charge < -0.3 is 0 Å². The van der Waals surface area contributed by atoms with Crippen LogP contribution in [0.25, 0.3) is 0 Å². The van der Waals surface area contributed by atoms with Crippen molar-refractivity contribution in [2.45, 2.75) is 96.8 Å². The van der Waals surface area contributed by atoms with Gasteiger partial charge >= 0.3 is 0 Å². The van der Waals surface area contributed by atoms with Crippen molar-refractivity contribution < 1.29 is 0 Å². The summed E-state index contributed by atoms with van der Waals surface area (Å²) in [6.07, 6.45) is 16.0. The Morgan fingerprint density at radius 1 is 0.607 bits per heavy atom. The van der Waals surface area contributed by atoms with Crippen LogP contribution in [-0.4, -0.2) is 0 Å². The van der Waals surface area contributed by atoms with E-state index in [0.717, 1.165) is 24.7 Å². The largest absolute Gasteiger partial charge is 0.0654 e. The van der Waals surface area contributed by atoms with Crippen LogP contribution in [0, 0.1) is 5.92 Å². The molecule has 0 aromatic heterocycles. The van der Waals surface area contributed by atoms with Crippen molar-refractivity contribution >= 4 is 0 Å². The highest BCUT2D eigenvalue weighted by atomic mass is 14.3. The van der Waals surface area contributed by atoms with Gasteiger partial charge in [0, 0.05) is 0 Å². The smallest absolute Gasteiger partial charge is 0.0162 e. The average molecular weight is 377 g/mol. The van der Waals surface area contributed by atoms with Gasteiger partial charge in [0.15, 0.2) is 0 Å². The molecule has 28 heavy (non-hydrogen) atoms. The second kappa shape index (κ2) is 11.4. The molecule has 2 aromatic carbocycles. The Bertz CT molecular complexity index is 656. The third-order valence-electron chi connectivity index (χ3n) is 6.81. The van der Waals surface area contributed by atoms with Gasteiger partial charge in [-0.05, 0) is 85.5 Å². The fourth-order valence-corrected chi connectivity index (χ4v) is 4.78. The van der Waals surface area contributed by atoms with Crippen molar-refractivity contribution in [2.75, 3.05) is 0 Å². The minimum Gasteiger partial charge on any atom is -0.0654 e. The van der Waals surface area contributed by atoms with E-state index in [1.54, 1.807) is 5.56 Å². The fraction of sp³-hybridized carbons (Fsp3) is 0.571. The molecule has 0 spiro atoms. The van der Waals surface area contributed by atoms with E-state index in [0.29, 0.717) is 0 Å². The van der Waals surface area contributed by atoms with Crippen LogP contribution in [0.2, 0.25) is 0 Å². The van der Waals surface area contributed by atoms with E-state index in [9.17, 15) is 0 Å². The number of aryl methyl sites for hydroxylation is 3. The molecule has 2 aromatic rings. The van der Waals surface area contributed by atoms with Crippen molar-refractivity contribution in [3.8, 4) is 0 Å². The molecule has 0 unspecified atom stereocenters. The molecule has 0 atom stereocenters. The average Bonchev–Trinajstić information content (AvgIpc) is 2.76. The standard InChI is InChI=1S/C28H40/c1-3-5-7-23-9-11-25(12-10-23)13-14-26-17-21-28(22-18-26)27-19-15-24(16-20-27)8-6-4-2/h9-12,17-18,21-22,24,27H,3-8,13-16,19-20H2,1-2H3. The van der Waals surface area contributed by atoms with Crippen LogP contribution in [0.1, 0.15) is 99.8 Å². The molecule has 1 fully saturated rings. The second-order valence-electron chi connectivity index (χ2n) is 9.02. The van der Waals surface area contributed by atoms with Gasteiger partial charge in [-0.1, -0.05) is 88.1 Å². The number of hydrogen-bond acceptors (Lipinski definition) is 0. The highest BCUT2D eigenvalue weighted by Crippen LogP contribution is 2.37. The maximum absolute atomic E-state index is 2.42. The first-order valence-corrected chi connectivity index (χ1v) is 11.9. The Labute approximate surface area is 173 Å². The molecule has 0 saturated heterocycles. The minimum absolute atomic E-state index is 0.808. The van der Waals surface area contributed by atoms with Crippen LogP contribution >= 0.6 is 0 Å². The predicted molar refractivity (Wildman–Crippen MR) is 123 cm³/mol. The molecule has 152 valence electrons. The van der Waals surface area contributed by atoms with Crippen LogP contribution in [0.3, 0.4) is 0 Å². The van der Waals surface area contributed by atoms with Crippen molar-refractivity contribution in [2.24, 2.45) is 5.92 Å². The number of hydrogen-bond donors (Lipinski definition) is 0. The summed E-state index contributed by atoms with van der Waals surface area (Å²) in [7, 11) is 0. The van der Waals surface area contributed by atoms with Gasteiger partial charge in [0.1, 0.15) is 0 Å². The molecular weight excluding hydrogens is 336 g/mol. The molecule has 0 radical (unpaired) electrons. The number of rotatable bonds is 10. The molecule has 0 bridgehead atoms. The Morgan fingerprint density at radius 2 is 1.11 bits per heavy atom. The lowest BCUT2D eigenvalue weighted by molar-refractivity contribution is 0.304. The summed E-state index contributed by atoms with van der Waals surface area (Å²) in [5.74, 6) is 1.81. The summed E-state index contributed by atoms with van der Waals surface area (Å²) < 4.78 is 0. The van der Waals surface area contributed by atoms with Gasteiger partial charge in [0.2, 0.25) is 0 Å². The molecule has 0 N–H and O–H groups in total. The molecule has 0 heteroatoms. The molecule has 3 rings (SSSR count). The van der Waals surface area contributed by atoms with E-state index in [2.05, 4.69) is 62.4 Å². The highest BCUT2D eigenvalue weighted by Gasteiger charge is 2.21. The van der Waals surface area contributed by atoms with Crippen LogP contribution < -0.4 is 0 Å². The Kier molecular flexibility index (Phi) is 8.65. The lowest BCUT2D eigenvalue weighted by Gasteiger charge is -2.29. The zero-order valence-electron chi connectivity index (χ0n) is 18.3. The summed E-state index contributed by atoms with van der Waals surface area (Å²) in [5, 5.41) is 0. The highest BCUT2D eigenvalue weighted by molar-refractivity contribution is 5.28. The monoisotopic (exact) mass is 376 g/mol. The number of unbranched alkanes of at least 4 members (excludes halogenated alkanes) is 2. The van der Waals surface area contributed by atoms with Gasteiger partial charge in [-0.3, -0.25) is 0 Å². The zero-order chi connectivity index (χ0) is 19.6. The molecule has 0 amide bonds. The Morgan fingerprint density at radius 3 is 1.64 bits per heavy atom. The van der Waals surface area contributed by atoms with Gasteiger partial charge in [-0.25, -0.2) is 0 Å². The summed E-state index contributed by atoms with van der Waals surface area (Å²) in [6.45, 7) is 4.58. The minimum atomic E-state index is 0.808. The third-order valence-corrected chi connectivity index (χ3v) is 6.81. The maximum Gasteiger partial charge on any atom is -0.0162 e. The SMILES string of the molecule is CCCCc1ccc(CCc2ccc(C3CCC(CCCC)CC3)cc2)cc1. The van der Waals surface area contributed by atoms with Crippen LogP contribution in [-0.2, 0) is 19.3 Å². The zero-order valence-corrected chi connectivity index (χ0v) is 18.3. The lowest BCUT2D eigenvalue weighted by Crippen LogP contribution is -2.13. The van der Waals surface area contributed by atoms with Gasteiger partial charge in [0.05, 0.1) is 0 Å². The van der Waals surface area contributed by atoms with Crippen LogP contribution in [0.5, 0.6) is 0 Å². The topological polar surface area (TPSA) is 0 Å². The Balaban J connectivity index is 1.44. The van der Waals surface area contributed by atoms with Gasteiger partial charge in [0.25, 0.3) is 0 Å². The van der Waals surface area contributed by atoms with Crippen molar-refractivity contribution in [1.29, 1.82) is 0 Å². The molecular formula is C28H40. The van der Waals surface area contributed by atoms with E-state index < -0.39 is 0 Å². The number of benzene rings is 2. The molecule has 0 nitrogen and oxygen atoms in total. The van der Waals surface area contributed by atoms with E-state index in [-0.39, 0.29) is 0 Å². The van der Waals surface area contributed by atoms with Gasteiger partial charge in [-0.2, -0.15) is 0 Å². The van der Waals surface area contributed by atoms with Crippen LogP contribution in [0.15, 0.2) is 48.5 Å². The first-order chi connectivity index (χ1) is 13.8. The molecule has 1 saturated carbocycles. The van der Waals surface area contributed by atoms with E-state index in [1.807, 2.05) is 0 Å². The predicted octanol–water partition coefficient (Wildman–Crippen LogP) is 8.28. The molecule has 1 aliphatic carbocycles. The first-order valence-electron chi connectivity index (χ1n) is 11.9. The van der Waals surface area contributed by atoms with E-state index in [1.165, 1.54) is 80.9 Å². The normalized spacial score (nSPS) is 19.6. The Hall–Kier alpha value is -1.56. The second-order valence-corrected chi connectivity index (χ2v) is 9.02. The first kappa shape index (κ1) is 21.2. The van der Waals surface area contributed by atoms with E-state index in [4.69, 9.17) is 0 Å². The van der Waals surface area contributed by atoms with Gasteiger partial charge in [-0.15, -0.1) is 0 Å².